The largest absolute Gasteiger partial charge is 0.205 e. The second-order valence-electron chi connectivity index (χ2n) is 4.32. The molecule has 114 valence electrons. The Morgan fingerprint density at radius 2 is 0.792 bits per heavy atom. The van der Waals surface area contributed by atoms with Gasteiger partial charge in [-0.3, -0.25) is 0 Å². The number of nitrogens with zero attached hydrogens (tertiary/aromatic N) is 12. The minimum absolute atomic E-state index is 0.294. The van der Waals surface area contributed by atoms with E-state index in [9.17, 15) is 0 Å². The van der Waals surface area contributed by atoms with Gasteiger partial charge in [0.15, 0.2) is 17.5 Å². The first-order valence-electron chi connectivity index (χ1n) is 6.60. The number of hydrogen-bond donors (Lipinski definition) is 0. The van der Waals surface area contributed by atoms with Crippen LogP contribution in [-0.4, -0.2) is 61.2 Å². The molecule has 0 spiro atoms. The molecule has 0 aliphatic heterocycles. The van der Waals surface area contributed by atoms with Crippen molar-refractivity contribution in [2.45, 2.75) is 0 Å². The molecule has 12 nitrogen and oxygen atoms in total. The third kappa shape index (κ3) is 2.70. The standard InChI is InChI=1S/C12H6N12/c1-4-13-22-19-7(1)10-16-11(8-2-5-14-23-20-8)18-12(17-10)9-3-6-15-24-21-9/h1-6H. The summed E-state index contributed by atoms with van der Waals surface area (Å²) in [6, 6.07) is 4.89. The molecule has 0 N–H and O–H groups in total. The molecule has 12 heteroatoms. The van der Waals surface area contributed by atoms with Crippen molar-refractivity contribution in [3.63, 3.8) is 0 Å². The second kappa shape index (κ2) is 6.04. The molecule has 0 fully saturated rings. The van der Waals surface area contributed by atoms with Crippen LogP contribution >= 0.6 is 0 Å². The summed E-state index contributed by atoms with van der Waals surface area (Å²) in [7, 11) is 0. The molecule has 4 aromatic heterocycles. The molecule has 24 heavy (non-hydrogen) atoms. The molecule has 0 atom stereocenters. The van der Waals surface area contributed by atoms with Crippen LogP contribution in [0, 0.1) is 0 Å². The van der Waals surface area contributed by atoms with Crippen LogP contribution in [0.25, 0.3) is 34.6 Å². The van der Waals surface area contributed by atoms with Crippen molar-refractivity contribution in [2.75, 3.05) is 0 Å². The molecule has 0 amide bonds. The summed E-state index contributed by atoms with van der Waals surface area (Å²) in [5.74, 6) is 0.881. The van der Waals surface area contributed by atoms with E-state index in [0.717, 1.165) is 0 Å². The summed E-state index contributed by atoms with van der Waals surface area (Å²) in [5.41, 5.74) is 1.29. The number of rotatable bonds is 3. The van der Waals surface area contributed by atoms with Crippen LogP contribution in [0.15, 0.2) is 36.8 Å². The molecule has 0 bridgehead atoms. The van der Waals surface area contributed by atoms with Gasteiger partial charge in [-0.15, -0.1) is 30.6 Å². The van der Waals surface area contributed by atoms with Crippen LogP contribution in [0.5, 0.6) is 0 Å². The van der Waals surface area contributed by atoms with Crippen LogP contribution in [0.1, 0.15) is 0 Å². The average Bonchev–Trinajstić information content (AvgIpc) is 2.70. The second-order valence-corrected chi connectivity index (χ2v) is 4.32. The van der Waals surface area contributed by atoms with Gasteiger partial charge in [-0.1, -0.05) is 0 Å². The van der Waals surface area contributed by atoms with Crippen molar-refractivity contribution < 1.29 is 0 Å². The van der Waals surface area contributed by atoms with E-state index in [2.05, 4.69) is 61.2 Å². The lowest BCUT2D eigenvalue weighted by molar-refractivity contribution is 0.845. The van der Waals surface area contributed by atoms with E-state index in [1.807, 2.05) is 0 Å². The SMILES string of the molecule is c1cc(-c2nc(-c3ccnnn3)nc(-c3ccnnn3)n2)nnn1. The van der Waals surface area contributed by atoms with E-state index in [4.69, 9.17) is 0 Å². The zero-order valence-corrected chi connectivity index (χ0v) is 11.8. The van der Waals surface area contributed by atoms with Crippen molar-refractivity contribution >= 4 is 0 Å². The molecule has 0 saturated carbocycles. The van der Waals surface area contributed by atoms with Gasteiger partial charge in [0.05, 0.1) is 18.6 Å². The van der Waals surface area contributed by atoms with Gasteiger partial charge in [-0.2, -0.15) is 0 Å². The normalized spacial score (nSPS) is 10.5. The Morgan fingerprint density at radius 1 is 0.458 bits per heavy atom. The van der Waals surface area contributed by atoms with E-state index in [1.54, 1.807) is 18.2 Å². The minimum Gasteiger partial charge on any atom is -0.205 e. The molecule has 0 saturated heterocycles. The van der Waals surface area contributed by atoms with Crippen molar-refractivity contribution in [3.8, 4) is 34.6 Å². The predicted octanol–water partition coefficient (Wildman–Crippen LogP) is -0.572. The lowest BCUT2D eigenvalue weighted by Gasteiger charge is -2.04. The maximum atomic E-state index is 4.35. The summed E-state index contributed by atoms with van der Waals surface area (Å²) in [6.45, 7) is 0. The van der Waals surface area contributed by atoms with E-state index in [-0.39, 0.29) is 0 Å². The zero-order chi connectivity index (χ0) is 16.2. The Hall–Kier alpha value is -3.96. The van der Waals surface area contributed by atoms with Crippen molar-refractivity contribution in [2.24, 2.45) is 0 Å². The van der Waals surface area contributed by atoms with Gasteiger partial charge in [-0.05, 0) is 33.8 Å². The summed E-state index contributed by atoms with van der Waals surface area (Å²) < 4.78 is 0. The molecule has 4 aromatic rings. The fourth-order valence-electron chi connectivity index (χ4n) is 1.80. The van der Waals surface area contributed by atoms with Crippen molar-refractivity contribution in [3.05, 3.63) is 36.8 Å². The van der Waals surface area contributed by atoms with E-state index in [1.165, 1.54) is 18.6 Å². The fraction of sp³-hybridized carbons (Fsp3) is 0. The molecular weight excluding hydrogens is 312 g/mol. The van der Waals surface area contributed by atoms with Gasteiger partial charge in [0.2, 0.25) is 0 Å². The monoisotopic (exact) mass is 318 g/mol. The molecular formula is C12H6N12. The summed E-state index contributed by atoms with van der Waals surface area (Å²) in [5, 5.41) is 33.4. The lowest BCUT2D eigenvalue weighted by Crippen LogP contribution is -2.04. The summed E-state index contributed by atoms with van der Waals surface area (Å²) >= 11 is 0. The first-order valence-corrected chi connectivity index (χ1v) is 6.60. The van der Waals surface area contributed by atoms with Crippen LogP contribution in [-0.2, 0) is 0 Å². The Labute approximate surface area is 133 Å². The van der Waals surface area contributed by atoms with E-state index in [0.29, 0.717) is 34.6 Å². The Bertz CT molecular complexity index is 808. The van der Waals surface area contributed by atoms with Crippen LogP contribution in [0.2, 0.25) is 0 Å². The predicted molar refractivity (Wildman–Crippen MR) is 76.3 cm³/mol. The third-order valence-electron chi connectivity index (χ3n) is 2.83. The first-order chi connectivity index (χ1) is 11.9. The van der Waals surface area contributed by atoms with Gasteiger partial charge < -0.3 is 0 Å². The average molecular weight is 318 g/mol. The molecule has 0 unspecified atom stereocenters. The smallest absolute Gasteiger partial charge is 0.184 e. The Balaban J connectivity index is 1.92. The molecule has 4 rings (SSSR count). The molecule has 0 aliphatic carbocycles. The quantitative estimate of drug-likeness (QED) is 0.474. The third-order valence-corrected chi connectivity index (χ3v) is 2.83. The van der Waals surface area contributed by atoms with Crippen LogP contribution < -0.4 is 0 Å². The van der Waals surface area contributed by atoms with Crippen LogP contribution in [0.4, 0.5) is 0 Å². The Morgan fingerprint density at radius 3 is 1.04 bits per heavy atom. The van der Waals surface area contributed by atoms with E-state index >= 15 is 0 Å². The van der Waals surface area contributed by atoms with E-state index < -0.39 is 0 Å². The highest BCUT2D eigenvalue weighted by Gasteiger charge is 2.15. The van der Waals surface area contributed by atoms with Crippen LogP contribution in [0.3, 0.4) is 0 Å². The number of aromatic nitrogens is 12. The highest BCUT2D eigenvalue weighted by Crippen LogP contribution is 2.19. The summed E-state index contributed by atoms with van der Waals surface area (Å²) in [4.78, 5) is 13.1. The maximum Gasteiger partial charge on any atom is 0.184 e. The maximum absolute atomic E-state index is 4.35. The Kier molecular flexibility index (Phi) is 3.44. The fourth-order valence-corrected chi connectivity index (χ4v) is 1.80. The summed E-state index contributed by atoms with van der Waals surface area (Å²) in [6.07, 6.45) is 4.47. The molecule has 0 radical (unpaired) electrons. The highest BCUT2D eigenvalue weighted by molar-refractivity contribution is 5.60. The first kappa shape index (κ1) is 13.7. The molecule has 4 heterocycles. The van der Waals surface area contributed by atoms with Crippen molar-refractivity contribution in [1.29, 1.82) is 0 Å². The van der Waals surface area contributed by atoms with Gasteiger partial charge in [0.1, 0.15) is 17.1 Å². The molecule has 0 aromatic carbocycles. The van der Waals surface area contributed by atoms with Gasteiger partial charge in [0, 0.05) is 0 Å². The topological polar surface area (TPSA) is 155 Å². The minimum atomic E-state index is 0.294. The van der Waals surface area contributed by atoms with Gasteiger partial charge >= 0.3 is 0 Å². The van der Waals surface area contributed by atoms with Gasteiger partial charge in [0.25, 0.3) is 0 Å². The highest BCUT2D eigenvalue weighted by atomic mass is 15.3. The number of hydrogen-bond acceptors (Lipinski definition) is 12. The zero-order valence-electron chi connectivity index (χ0n) is 11.8. The van der Waals surface area contributed by atoms with Gasteiger partial charge in [-0.25, -0.2) is 15.0 Å². The lowest BCUT2D eigenvalue weighted by atomic mass is 10.3. The molecule has 0 aliphatic rings. The van der Waals surface area contributed by atoms with Crippen molar-refractivity contribution in [1.82, 2.24) is 61.2 Å².